The number of amides is 2. The van der Waals surface area contributed by atoms with E-state index in [1.165, 1.54) is 4.90 Å². The number of hydrogen-bond donors (Lipinski definition) is 1. The van der Waals surface area contributed by atoms with Gasteiger partial charge in [0.25, 0.3) is 11.8 Å². The lowest BCUT2D eigenvalue weighted by atomic mass is 9.90. The normalized spacial score (nSPS) is 20.5. The molecule has 0 spiro atoms. The highest BCUT2D eigenvalue weighted by Gasteiger charge is 2.35. The average Bonchev–Trinajstić information content (AvgIpc) is 2.89. The fourth-order valence-corrected chi connectivity index (χ4v) is 2.59. The minimum atomic E-state index is -0.0992. The van der Waals surface area contributed by atoms with Gasteiger partial charge in [0.1, 0.15) is 0 Å². The van der Waals surface area contributed by atoms with Gasteiger partial charge in [-0.1, -0.05) is 13.0 Å². The third-order valence-electron chi connectivity index (χ3n) is 4.10. The molecule has 0 aromatic heterocycles. The first kappa shape index (κ1) is 18.5. The molecule has 122 valence electrons. The fourth-order valence-electron chi connectivity index (χ4n) is 2.59. The summed E-state index contributed by atoms with van der Waals surface area (Å²) in [5.74, 6) is -0.126. The second kappa shape index (κ2) is 7.11. The van der Waals surface area contributed by atoms with Crippen molar-refractivity contribution in [2.75, 3.05) is 33.7 Å². The van der Waals surface area contributed by atoms with Crippen molar-refractivity contribution >= 4 is 24.2 Å². The summed E-state index contributed by atoms with van der Waals surface area (Å²) < 4.78 is 0. The third kappa shape index (κ3) is 3.78. The number of carbonyl (C=O) groups excluding carboxylic acids is 2. The molecule has 1 saturated heterocycles. The Balaban J connectivity index is 0.00000242. The quantitative estimate of drug-likeness (QED) is 0.918. The van der Waals surface area contributed by atoms with Crippen molar-refractivity contribution in [3.05, 3.63) is 35.4 Å². The van der Waals surface area contributed by atoms with Crippen LogP contribution in [0.2, 0.25) is 0 Å². The molecule has 0 saturated carbocycles. The van der Waals surface area contributed by atoms with E-state index in [9.17, 15) is 9.59 Å². The summed E-state index contributed by atoms with van der Waals surface area (Å²) in [5, 5.41) is 0. The number of nitrogens with zero attached hydrogens (tertiary/aromatic N) is 2. The highest BCUT2D eigenvalue weighted by atomic mass is 35.5. The first-order chi connectivity index (χ1) is 9.86. The first-order valence-electron chi connectivity index (χ1n) is 7.17. The smallest absolute Gasteiger partial charge is 0.253 e. The van der Waals surface area contributed by atoms with Gasteiger partial charge in [0.15, 0.2) is 0 Å². The molecule has 6 heteroatoms. The van der Waals surface area contributed by atoms with E-state index >= 15 is 0 Å². The van der Waals surface area contributed by atoms with E-state index in [1.807, 2.05) is 4.90 Å². The molecule has 0 radical (unpaired) electrons. The van der Waals surface area contributed by atoms with E-state index in [4.69, 9.17) is 5.73 Å². The number of hydrogen-bond acceptors (Lipinski definition) is 3. The molecule has 1 aliphatic rings. The van der Waals surface area contributed by atoms with Crippen LogP contribution in [0.1, 0.15) is 34.1 Å². The molecule has 2 amide bonds. The van der Waals surface area contributed by atoms with Gasteiger partial charge in [-0.2, -0.15) is 0 Å². The molecule has 2 rings (SSSR count). The lowest BCUT2D eigenvalue weighted by Crippen LogP contribution is -2.34. The lowest BCUT2D eigenvalue weighted by molar-refractivity contribution is 0.0777. The Morgan fingerprint density at radius 1 is 1.32 bits per heavy atom. The Morgan fingerprint density at radius 2 is 1.95 bits per heavy atom. The van der Waals surface area contributed by atoms with Gasteiger partial charge in [-0.15, -0.1) is 12.4 Å². The summed E-state index contributed by atoms with van der Waals surface area (Å²) in [6, 6.07) is 6.91. The van der Waals surface area contributed by atoms with Crippen molar-refractivity contribution in [2.45, 2.75) is 13.3 Å². The number of rotatable bonds is 3. The van der Waals surface area contributed by atoms with Crippen LogP contribution in [-0.4, -0.2) is 55.3 Å². The second-order valence-corrected chi connectivity index (χ2v) is 6.27. The highest BCUT2D eigenvalue weighted by molar-refractivity contribution is 5.99. The summed E-state index contributed by atoms with van der Waals surface area (Å²) in [4.78, 5) is 27.9. The van der Waals surface area contributed by atoms with Gasteiger partial charge in [-0.05, 0) is 36.6 Å². The maximum absolute atomic E-state index is 12.6. The number of carbonyl (C=O) groups is 2. The van der Waals surface area contributed by atoms with Crippen LogP contribution in [-0.2, 0) is 0 Å². The van der Waals surface area contributed by atoms with Gasteiger partial charge in [-0.3, -0.25) is 9.59 Å². The minimum Gasteiger partial charge on any atom is -0.345 e. The van der Waals surface area contributed by atoms with Crippen molar-refractivity contribution in [1.82, 2.24) is 9.80 Å². The molecule has 0 bridgehead atoms. The van der Waals surface area contributed by atoms with Gasteiger partial charge in [0.2, 0.25) is 0 Å². The largest absolute Gasteiger partial charge is 0.345 e. The van der Waals surface area contributed by atoms with Crippen molar-refractivity contribution < 1.29 is 9.59 Å². The molecule has 1 unspecified atom stereocenters. The molecule has 1 atom stereocenters. The van der Waals surface area contributed by atoms with Crippen molar-refractivity contribution in [2.24, 2.45) is 11.1 Å². The Hall–Kier alpha value is -1.59. The Kier molecular flexibility index (Phi) is 5.97. The second-order valence-electron chi connectivity index (χ2n) is 6.27. The molecular weight excluding hydrogens is 302 g/mol. The third-order valence-corrected chi connectivity index (χ3v) is 4.10. The number of halogens is 1. The highest BCUT2D eigenvalue weighted by Crippen LogP contribution is 2.29. The molecule has 5 nitrogen and oxygen atoms in total. The van der Waals surface area contributed by atoms with E-state index in [1.54, 1.807) is 38.4 Å². The van der Waals surface area contributed by atoms with Gasteiger partial charge < -0.3 is 15.5 Å². The molecule has 1 aromatic rings. The van der Waals surface area contributed by atoms with Crippen LogP contribution < -0.4 is 5.73 Å². The predicted octanol–water partition coefficient (Wildman–Crippen LogP) is 1.62. The van der Waals surface area contributed by atoms with Gasteiger partial charge in [0.05, 0.1) is 0 Å². The molecule has 1 heterocycles. The summed E-state index contributed by atoms with van der Waals surface area (Å²) >= 11 is 0. The standard InChI is InChI=1S/C16H23N3O2.ClH/c1-16(10-17)7-8-19(11-16)15(21)13-6-4-5-12(9-13)14(20)18(2)3;/h4-6,9H,7-8,10-11,17H2,1-3H3;1H. The molecule has 22 heavy (non-hydrogen) atoms. The average molecular weight is 326 g/mol. The maximum atomic E-state index is 12.6. The SMILES string of the molecule is CN(C)C(=O)c1cccc(C(=O)N2CCC(C)(CN)C2)c1.Cl. The molecular formula is C16H24ClN3O2. The fraction of sp³-hybridized carbons (Fsp3) is 0.500. The molecule has 0 aliphatic carbocycles. The molecule has 1 aliphatic heterocycles. The Labute approximate surface area is 137 Å². The van der Waals surface area contributed by atoms with Gasteiger partial charge in [0, 0.05) is 38.3 Å². The summed E-state index contributed by atoms with van der Waals surface area (Å²) in [7, 11) is 3.40. The van der Waals surface area contributed by atoms with Crippen molar-refractivity contribution in [1.29, 1.82) is 0 Å². The monoisotopic (exact) mass is 325 g/mol. The van der Waals surface area contributed by atoms with Crippen LogP contribution in [0.15, 0.2) is 24.3 Å². The van der Waals surface area contributed by atoms with Crippen LogP contribution in [0.25, 0.3) is 0 Å². The van der Waals surface area contributed by atoms with E-state index < -0.39 is 0 Å². The van der Waals surface area contributed by atoms with Crippen LogP contribution in [0, 0.1) is 5.41 Å². The zero-order valence-corrected chi connectivity index (χ0v) is 14.2. The molecule has 1 aromatic carbocycles. The van der Waals surface area contributed by atoms with Crippen LogP contribution in [0.5, 0.6) is 0 Å². The topological polar surface area (TPSA) is 66.6 Å². The number of nitrogens with two attached hydrogens (primary N) is 1. The number of likely N-dealkylation sites (tertiary alicyclic amines) is 1. The van der Waals surface area contributed by atoms with E-state index in [2.05, 4.69) is 6.92 Å². The van der Waals surface area contributed by atoms with Crippen LogP contribution in [0.4, 0.5) is 0 Å². The summed E-state index contributed by atoms with van der Waals surface area (Å²) in [5.41, 5.74) is 6.88. The molecule has 2 N–H and O–H groups in total. The van der Waals surface area contributed by atoms with Gasteiger partial charge >= 0.3 is 0 Å². The van der Waals surface area contributed by atoms with Gasteiger partial charge in [-0.25, -0.2) is 0 Å². The number of benzene rings is 1. The minimum absolute atomic E-state index is 0. The zero-order valence-electron chi connectivity index (χ0n) is 13.3. The van der Waals surface area contributed by atoms with E-state index in [0.717, 1.165) is 13.0 Å². The predicted molar refractivity (Wildman–Crippen MR) is 89.4 cm³/mol. The Morgan fingerprint density at radius 3 is 2.50 bits per heavy atom. The zero-order chi connectivity index (χ0) is 15.6. The Bertz CT molecular complexity index is 562. The van der Waals surface area contributed by atoms with Crippen molar-refractivity contribution in [3.8, 4) is 0 Å². The molecule has 1 fully saturated rings. The van der Waals surface area contributed by atoms with E-state index in [-0.39, 0.29) is 29.6 Å². The summed E-state index contributed by atoms with van der Waals surface area (Å²) in [6.45, 7) is 4.08. The first-order valence-corrected chi connectivity index (χ1v) is 7.17. The van der Waals surface area contributed by atoms with Crippen LogP contribution >= 0.6 is 12.4 Å². The lowest BCUT2D eigenvalue weighted by Gasteiger charge is -2.22. The maximum Gasteiger partial charge on any atom is 0.253 e. The van der Waals surface area contributed by atoms with Crippen molar-refractivity contribution in [3.63, 3.8) is 0 Å². The summed E-state index contributed by atoms with van der Waals surface area (Å²) in [6.07, 6.45) is 0.922. The van der Waals surface area contributed by atoms with E-state index in [0.29, 0.717) is 24.2 Å². The van der Waals surface area contributed by atoms with Crippen LogP contribution in [0.3, 0.4) is 0 Å².